The highest BCUT2D eigenvalue weighted by Gasteiger charge is 2.07. The van der Waals surface area contributed by atoms with E-state index in [4.69, 9.17) is 9.47 Å². The van der Waals surface area contributed by atoms with Crippen molar-refractivity contribution in [2.24, 2.45) is 4.99 Å². The molecule has 0 atom stereocenters. The zero-order valence-corrected chi connectivity index (χ0v) is 10.7. The molecule has 0 fully saturated rings. The van der Waals surface area contributed by atoms with E-state index in [0.29, 0.717) is 20.1 Å². The molecule has 2 aliphatic rings. The van der Waals surface area contributed by atoms with Gasteiger partial charge < -0.3 is 14.2 Å². The van der Waals surface area contributed by atoms with Crippen LogP contribution in [0.5, 0.6) is 5.75 Å². The van der Waals surface area contributed by atoms with Crippen molar-refractivity contribution in [3.05, 3.63) is 40.6 Å². The Morgan fingerprint density at radius 3 is 2.82 bits per heavy atom. The van der Waals surface area contributed by atoms with Gasteiger partial charge >= 0.3 is 0 Å². The van der Waals surface area contributed by atoms with Gasteiger partial charge in [-0.1, -0.05) is 6.07 Å². The van der Waals surface area contributed by atoms with Crippen LogP contribution >= 0.6 is 15.9 Å². The molecule has 17 heavy (non-hydrogen) atoms. The summed E-state index contributed by atoms with van der Waals surface area (Å²) in [5, 5.41) is 0. The van der Waals surface area contributed by atoms with Gasteiger partial charge in [0.25, 0.3) is 0 Å². The third-order valence-electron chi connectivity index (χ3n) is 2.09. The Hall–Kier alpha value is -1.33. The van der Waals surface area contributed by atoms with Crippen molar-refractivity contribution in [3.63, 3.8) is 0 Å². The minimum Gasteiger partial charge on any atom is -0.475 e. The second kappa shape index (κ2) is 6.42. The van der Waals surface area contributed by atoms with E-state index >= 15 is 0 Å². The van der Waals surface area contributed by atoms with Gasteiger partial charge in [0, 0.05) is 16.3 Å². The Balaban J connectivity index is 0.000000153. The van der Waals surface area contributed by atoms with E-state index in [2.05, 4.69) is 25.7 Å². The van der Waals surface area contributed by atoms with Gasteiger partial charge in [-0.05, 0) is 34.1 Å². The summed E-state index contributed by atoms with van der Waals surface area (Å²) in [7, 11) is 0. The maximum absolute atomic E-state index is 5.28. The van der Waals surface area contributed by atoms with Crippen LogP contribution in [0, 0.1) is 0 Å². The minimum atomic E-state index is 0.413. The number of aliphatic imine (C=N–C) groups is 1. The summed E-state index contributed by atoms with van der Waals surface area (Å²) in [6, 6.07) is 5.85. The first-order chi connectivity index (χ1) is 8.38. The molecule has 3 rings (SSSR count). The lowest BCUT2D eigenvalue weighted by Gasteiger charge is -2.11. The van der Waals surface area contributed by atoms with Gasteiger partial charge in [0.15, 0.2) is 13.5 Å². The zero-order chi connectivity index (χ0) is 11.9. The highest BCUT2D eigenvalue weighted by Crippen LogP contribution is 2.26. The molecule has 1 aromatic carbocycles. The van der Waals surface area contributed by atoms with Crippen molar-refractivity contribution >= 4 is 22.1 Å². The van der Waals surface area contributed by atoms with Gasteiger partial charge in [-0.15, -0.1) is 0 Å². The fraction of sp³-hybridized carbons (Fsp3) is 0.250. The Kier molecular flexibility index (Phi) is 4.58. The van der Waals surface area contributed by atoms with Gasteiger partial charge in [-0.25, -0.2) is 0 Å². The molecular weight excluding hydrogens is 286 g/mol. The molecule has 0 saturated heterocycles. The molecule has 5 heteroatoms. The number of ether oxygens (including phenoxy) is 3. The van der Waals surface area contributed by atoms with Gasteiger partial charge in [0.2, 0.25) is 0 Å². The van der Waals surface area contributed by atoms with Crippen LogP contribution in [-0.4, -0.2) is 26.3 Å². The van der Waals surface area contributed by atoms with E-state index in [1.54, 1.807) is 6.26 Å². The zero-order valence-electron chi connectivity index (χ0n) is 9.14. The Bertz CT molecular complexity index is 424. The van der Waals surface area contributed by atoms with Crippen LogP contribution in [0.15, 0.2) is 40.0 Å². The highest BCUT2D eigenvalue weighted by molar-refractivity contribution is 9.10. The topological polar surface area (TPSA) is 40.0 Å². The predicted octanol–water partition coefficient (Wildman–Crippen LogP) is 2.72. The normalized spacial score (nSPS) is 16.1. The van der Waals surface area contributed by atoms with Crippen LogP contribution in [0.25, 0.3) is 0 Å². The standard InChI is InChI=1S/C8H6BrNO.C4H6O2/c9-7-2-1-3-8-6(7)4-10-5-11-8;1-2-5-4-6-3-1/h1-4H,5H2;1-2H,3-4H2. The molecule has 2 heterocycles. The molecule has 0 radical (unpaired) electrons. The van der Waals surface area contributed by atoms with E-state index in [-0.39, 0.29) is 0 Å². The summed E-state index contributed by atoms with van der Waals surface area (Å²) < 4.78 is 15.7. The van der Waals surface area contributed by atoms with Gasteiger partial charge in [-0.3, -0.25) is 4.99 Å². The lowest BCUT2D eigenvalue weighted by molar-refractivity contribution is -0.0147. The molecule has 4 nitrogen and oxygen atoms in total. The van der Waals surface area contributed by atoms with Crippen LogP contribution in [0.4, 0.5) is 0 Å². The predicted molar refractivity (Wildman–Crippen MR) is 68.3 cm³/mol. The largest absolute Gasteiger partial charge is 0.475 e. The quantitative estimate of drug-likeness (QED) is 0.739. The summed E-state index contributed by atoms with van der Waals surface area (Å²) in [5.74, 6) is 0.898. The summed E-state index contributed by atoms with van der Waals surface area (Å²) >= 11 is 3.41. The second-order valence-corrected chi connectivity index (χ2v) is 4.12. The van der Waals surface area contributed by atoms with Gasteiger partial charge in [-0.2, -0.15) is 0 Å². The fourth-order valence-electron chi connectivity index (χ4n) is 1.31. The van der Waals surface area contributed by atoms with Gasteiger partial charge in [0.05, 0.1) is 12.9 Å². The van der Waals surface area contributed by atoms with E-state index in [9.17, 15) is 0 Å². The molecule has 2 aliphatic heterocycles. The smallest absolute Gasteiger partial charge is 0.188 e. The molecule has 0 aromatic heterocycles. The maximum Gasteiger partial charge on any atom is 0.188 e. The molecule has 0 saturated carbocycles. The fourth-order valence-corrected chi connectivity index (χ4v) is 1.77. The molecule has 90 valence electrons. The second-order valence-electron chi connectivity index (χ2n) is 3.26. The molecule has 0 spiro atoms. The number of hydrogen-bond donors (Lipinski definition) is 0. The van der Waals surface area contributed by atoms with Crippen LogP contribution < -0.4 is 4.74 Å². The molecule has 0 amide bonds. The molecule has 0 N–H and O–H groups in total. The summed E-state index contributed by atoms with van der Waals surface area (Å²) in [5.41, 5.74) is 1.03. The van der Waals surface area contributed by atoms with Crippen molar-refractivity contribution in [1.82, 2.24) is 0 Å². The van der Waals surface area contributed by atoms with Crippen LogP contribution in [0.1, 0.15) is 5.56 Å². The summed E-state index contributed by atoms with van der Waals surface area (Å²) in [4.78, 5) is 4.00. The van der Waals surface area contributed by atoms with Crippen LogP contribution in [0.2, 0.25) is 0 Å². The molecule has 0 unspecified atom stereocenters. The summed E-state index contributed by atoms with van der Waals surface area (Å²) in [6.45, 7) is 1.54. The Morgan fingerprint density at radius 1 is 1.29 bits per heavy atom. The van der Waals surface area contributed by atoms with Crippen LogP contribution in [0.3, 0.4) is 0 Å². The number of hydrogen-bond acceptors (Lipinski definition) is 4. The van der Waals surface area contributed by atoms with Crippen LogP contribution in [-0.2, 0) is 9.47 Å². The van der Waals surface area contributed by atoms with Gasteiger partial charge in [0.1, 0.15) is 5.75 Å². The van der Waals surface area contributed by atoms with Crippen molar-refractivity contribution in [3.8, 4) is 5.75 Å². The first-order valence-electron chi connectivity index (χ1n) is 5.13. The molecule has 1 aromatic rings. The van der Waals surface area contributed by atoms with E-state index < -0.39 is 0 Å². The minimum absolute atomic E-state index is 0.413. The van der Waals surface area contributed by atoms with E-state index in [1.807, 2.05) is 30.5 Å². The monoisotopic (exact) mass is 297 g/mol. The van der Waals surface area contributed by atoms with E-state index in [0.717, 1.165) is 15.8 Å². The average Bonchev–Trinajstić information content (AvgIpc) is 2.42. The molecular formula is C12H12BrNO3. The SMILES string of the molecule is Brc1cccc2c1C=NCO2.C1=COCOC1. The highest BCUT2D eigenvalue weighted by atomic mass is 79.9. The third-order valence-corrected chi connectivity index (χ3v) is 2.78. The lowest BCUT2D eigenvalue weighted by atomic mass is 10.2. The number of benzene rings is 1. The number of nitrogens with zero attached hydrogens (tertiary/aromatic N) is 1. The summed E-state index contributed by atoms with van der Waals surface area (Å²) in [6.07, 6.45) is 5.29. The molecule has 0 aliphatic carbocycles. The number of halogens is 1. The maximum atomic E-state index is 5.28. The Labute approximate surface area is 108 Å². The average molecular weight is 298 g/mol. The number of fused-ring (bicyclic) bond motifs is 1. The van der Waals surface area contributed by atoms with Crippen molar-refractivity contribution in [2.45, 2.75) is 0 Å². The van der Waals surface area contributed by atoms with Crippen molar-refractivity contribution in [1.29, 1.82) is 0 Å². The first-order valence-corrected chi connectivity index (χ1v) is 5.93. The van der Waals surface area contributed by atoms with Crippen molar-refractivity contribution < 1.29 is 14.2 Å². The van der Waals surface area contributed by atoms with Crippen molar-refractivity contribution in [2.75, 3.05) is 20.1 Å². The Morgan fingerprint density at radius 2 is 2.24 bits per heavy atom. The molecule has 0 bridgehead atoms. The first kappa shape index (κ1) is 12.1. The van der Waals surface area contributed by atoms with E-state index in [1.165, 1.54) is 0 Å². The number of rotatable bonds is 0. The third kappa shape index (κ3) is 3.57. The lowest BCUT2D eigenvalue weighted by Crippen LogP contribution is -2.03.